The Balaban J connectivity index is 1.65. The molecule has 3 aromatic heterocycles. The van der Waals surface area contributed by atoms with Crippen LogP contribution in [0.4, 0.5) is 0 Å². The fourth-order valence-corrected chi connectivity index (χ4v) is 2.44. The monoisotopic (exact) mass is 326 g/mol. The Labute approximate surface area is 138 Å². The van der Waals surface area contributed by atoms with Crippen LogP contribution in [0.1, 0.15) is 23.3 Å². The number of furan rings is 1. The lowest BCUT2D eigenvalue weighted by Crippen LogP contribution is -2.27. The van der Waals surface area contributed by atoms with E-state index in [1.807, 2.05) is 19.1 Å². The maximum absolute atomic E-state index is 12.5. The summed E-state index contributed by atoms with van der Waals surface area (Å²) in [5, 5.41) is 3.29. The second kappa shape index (κ2) is 6.66. The molecule has 1 amide bonds. The van der Waals surface area contributed by atoms with Crippen molar-refractivity contribution < 1.29 is 9.21 Å². The highest BCUT2D eigenvalue weighted by molar-refractivity contribution is 5.77. The maximum Gasteiger partial charge on any atom is 0.264 e. The molecular weight excluding hydrogens is 308 g/mol. The molecule has 0 saturated carbocycles. The van der Waals surface area contributed by atoms with Crippen LogP contribution in [0.3, 0.4) is 0 Å². The summed E-state index contributed by atoms with van der Waals surface area (Å²) in [4.78, 5) is 32.6. The number of carbonyl (C=O) groups excluding carboxylic acids is 1. The molecule has 0 aromatic carbocycles. The van der Waals surface area contributed by atoms with Gasteiger partial charge in [-0.3, -0.25) is 19.1 Å². The molecule has 0 aliphatic rings. The maximum atomic E-state index is 12.5. The van der Waals surface area contributed by atoms with Gasteiger partial charge in [0.2, 0.25) is 11.6 Å². The fourth-order valence-electron chi connectivity index (χ4n) is 2.44. The Morgan fingerprint density at radius 2 is 2.21 bits per heavy atom. The van der Waals surface area contributed by atoms with Crippen LogP contribution in [0, 0.1) is 13.8 Å². The summed E-state index contributed by atoms with van der Waals surface area (Å²) in [5.74, 6) is 0.549. The average Bonchev–Trinajstić information content (AvgIpc) is 2.88. The minimum Gasteiger partial charge on any atom is -0.443 e. The summed E-state index contributed by atoms with van der Waals surface area (Å²) in [7, 11) is 0. The third-order valence-electron chi connectivity index (χ3n) is 3.95. The number of fused-ring (bicyclic) bond motifs is 1. The Morgan fingerprint density at radius 1 is 1.38 bits per heavy atom. The molecule has 0 spiro atoms. The molecule has 0 radical (unpaired) electrons. The van der Waals surface area contributed by atoms with Gasteiger partial charge in [0.1, 0.15) is 17.5 Å². The van der Waals surface area contributed by atoms with Gasteiger partial charge >= 0.3 is 0 Å². The molecule has 7 heteroatoms. The zero-order valence-electron chi connectivity index (χ0n) is 13.6. The molecule has 0 aliphatic carbocycles. The van der Waals surface area contributed by atoms with E-state index in [1.165, 1.54) is 10.9 Å². The van der Waals surface area contributed by atoms with E-state index in [9.17, 15) is 9.59 Å². The van der Waals surface area contributed by atoms with Crippen LogP contribution < -0.4 is 10.9 Å². The second-order valence-corrected chi connectivity index (χ2v) is 5.59. The van der Waals surface area contributed by atoms with Gasteiger partial charge in [0.25, 0.3) is 5.56 Å². The molecule has 0 fully saturated rings. The zero-order chi connectivity index (χ0) is 17.1. The van der Waals surface area contributed by atoms with Crippen molar-refractivity contribution in [2.45, 2.75) is 33.4 Å². The minimum absolute atomic E-state index is 0.133. The highest BCUT2D eigenvalue weighted by Crippen LogP contribution is 2.18. The Morgan fingerprint density at radius 3 is 2.96 bits per heavy atom. The highest BCUT2D eigenvalue weighted by atomic mass is 16.3. The summed E-state index contributed by atoms with van der Waals surface area (Å²) in [6, 6.07) is 3.71. The lowest BCUT2D eigenvalue weighted by atomic mass is 10.2. The number of nitrogens with one attached hydrogen (secondary N) is 1. The number of pyridine rings is 1. The number of hydrogen-bond donors (Lipinski definition) is 1. The van der Waals surface area contributed by atoms with Crippen LogP contribution in [0.25, 0.3) is 11.1 Å². The number of nitrogens with zero attached hydrogens (tertiary/aromatic N) is 3. The topological polar surface area (TPSA) is 90.0 Å². The first kappa shape index (κ1) is 15.9. The molecule has 7 nitrogen and oxygen atoms in total. The van der Waals surface area contributed by atoms with E-state index in [4.69, 9.17) is 4.42 Å². The van der Waals surface area contributed by atoms with Gasteiger partial charge in [-0.1, -0.05) is 6.07 Å². The Bertz CT molecular complexity index is 928. The minimum atomic E-state index is -0.186. The third-order valence-corrected chi connectivity index (χ3v) is 3.95. The first-order valence-electron chi connectivity index (χ1n) is 7.67. The van der Waals surface area contributed by atoms with E-state index in [1.54, 1.807) is 19.3 Å². The van der Waals surface area contributed by atoms with Gasteiger partial charge in [-0.05, 0) is 25.5 Å². The van der Waals surface area contributed by atoms with Crippen LogP contribution in [-0.4, -0.2) is 20.4 Å². The first-order chi connectivity index (χ1) is 11.6. The van der Waals surface area contributed by atoms with Crippen LogP contribution in [-0.2, 0) is 17.9 Å². The van der Waals surface area contributed by atoms with Gasteiger partial charge in [-0.15, -0.1) is 0 Å². The second-order valence-electron chi connectivity index (χ2n) is 5.59. The number of aryl methyl sites for hydroxylation is 3. The van der Waals surface area contributed by atoms with Gasteiger partial charge in [-0.25, -0.2) is 4.98 Å². The van der Waals surface area contributed by atoms with Gasteiger partial charge in [0, 0.05) is 37.5 Å². The largest absolute Gasteiger partial charge is 0.443 e. The Hall–Kier alpha value is -2.96. The molecule has 0 unspecified atom stereocenters. The number of rotatable bonds is 5. The van der Waals surface area contributed by atoms with Crippen LogP contribution >= 0.6 is 0 Å². The van der Waals surface area contributed by atoms with Crippen molar-refractivity contribution in [2.24, 2.45) is 0 Å². The van der Waals surface area contributed by atoms with Crippen molar-refractivity contribution in [1.29, 1.82) is 0 Å². The summed E-state index contributed by atoms with van der Waals surface area (Å²) in [6.45, 7) is 4.31. The number of amides is 1. The van der Waals surface area contributed by atoms with Crippen LogP contribution in [0.15, 0.2) is 40.1 Å². The predicted molar refractivity (Wildman–Crippen MR) is 88.4 cm³/mol. The molecule has 1 N–H and O–H groups in total. The molecule has 124 valence electrons. The van der Waals surface area contributed by atoms with E-state index in [0.717, 1.165) is 11.1 Å². The smallest absolute Gasteiger partial charge is 0.264 e. The van der Waals surface area contributed by atoms with Gasteiger partial charge < -0.3 is 9.73 Å². The van der Waals surface area contributed by atoms with E-state index in [2.05, 4.69) is 15.3 Å². The van der Waals surface area contributed by atoms with E-state index in [0.29, 0.717) is 23.4 Å². The van der Waals surface area contributed by atoms with E-state index < -0.39 is 0 Å². The molecule has 24 heavy (non-hydrogen) atoms. The van der Waals surface area contributed by atoms with Crippen molar-refractivity contribution in [2.75, 3.05) is 0 Å². The SMILES string of the molecule is Cc1oc2ncn(CCC(=O)NCc3cccnc3)c(=O)c2c1C. The van der Waals surface area contributed by atoms with Crippen molar-refractivity contribution in [3.8, 4) is 0 Å². The first-order valence-corrected chi connectivity index (χ1v) is 7.67. The van der Waals surface area contributed by atoms with Crippen molar-refractivity contribution >= 4 is 17.0 Å². The number of aromatic nitrogens is 3. The molecule has 3 heterocycles. The van der Waals surface area contributed by atoms with Gasteiger partial charge in [0.05, 0.1) is 0 Å². The van der Waals surface area contributed by atoms with Crippen molar-refractivity contribution in [3.05, 3.63) is 58.1 Å². The third kappa shape index (κ3) is 3.19. The fraction of sp³-hybridized carbons (Fsp3) is 0.294. The summed E-state index contributed by atoms with van der Waals surface area (Å²) < 4.78 is 6.88. The van der Waals surface area contributed by atoms with Crippen molar-refractivity contribution in [1.82, 2.24) is 19.9 Å². The zero-order valence-corrected chi connectivity index (χ0v) is 13.6. The Kier molecular flexibility index (Phi) is 4.41. The van der Waals surface area contributed by atoms with Gasteiger partial charge in [-0.2, -0.15) is 0 Å². The number of hydrogen-bond acceptors (Lipinski definition) is 5. The summed E-state index contributed by atoms with van der Waals surface area (Å²) in [6.07, 6.45) is 5.00. The van der Waals surface area contributed by atoms with Crippen LogP contribution in [0.5, 0.6) is 0 Å². The standard InChI is InChI=1S/C17H18N4O3/c1-11-12(2)24-16-15(11)17(23)21(10-20-16)7-5-14(22)19-9-13-4-3-6-18-8-13/h3-4,6,8,10H,5,7,9H2,1-2H3,(H,19,22). The molecular formula is C17H18N4O3. The van der Waals surface area contributed by atoms with Crippen LogP contribution in [0.2, 0.25) is 0 Å². The average molecular weight is 326 g/mol. The normalized spacial score (nSPS) is 10.9. The molecule has 0 aliphatic heterocycles. The van der Waals surface area contributed by atoms with E-state index >= 15 is 0 Å². The lowest BCUT2D eigenvalue weighted by molar-refractivity contribution is -0.121. The van der Waals surface area contributed by atoms with Crippen molar-refractivity contribution in [3.63, 3.8) is 0 Å². The molecule has 0 saturated heterocycles. The highest BCUT2D eigenvalue weighted by Gasteiger charge is 2.14. The predicted octanol–water partition coefficient (Wildman–Crippen LogP) is 1.71. The molecule has 3 rings (SSSR count). The molecule has 0 atom stereocenters. The summed E-state index contributed by atoms with van der Waals surface area (Å²) in [5.41, 5.74) is 1.87. The van der Waals surface area contributed by atoms with Gasteiger partial charge in [0.15, 0.2) is 0 Å². The molecule has 3 aromatic rings. The number of carbonyl (C=O) groups is 1. The quantitative estimate of drug-likeness (QED) is 0.771. The summed E-state index contributed by atoms with van der Waals surface area (Å²) >= 11 is 0. The molecule has 0 bridgehead atoms. The lowest BCUT2D eigenvalue weighted by Gasteiger charge is -2.07. The van der Waals surface area contributed by atoms with E-state index in [-0.39, 0.29) is 24.4 Å².